The molecule has 0 fully saturated rings. The summed E-state index contributed by atoms with van der Waals surface area (Å²) in [5.41, 5.74) is 7.29. The number of hydrogen-bond donors (Lipinski definition) is 1. The average molecular weight is 196 g/mol. The largest absolute Gasteiger partial charge is 0.398 e. The van der Waals surface area contributed by atoms with E-state index >= 15 is 0 Å². The predicted octanol–water partition coefficient (Wildman–Crippen LogP) is 2.25. The zero-order chi connectivity index (χ0) is 10.6. The van der Waals surface area contributed by atoms with E-state index in [9.17, 15) is 4.39 Å². The molecule has 3 heteroatoms. The number of nitrogens with zero attached hydrogens (tertiary/aromatic N) is 1. The molecular weight excluding hydrogens is 179 g/mol. The van der Waals surface area contributed by atoms with Gasteiger partial charge in [-0.25, -0.2) is 4.39 Å². The molecule has 0 unspecified atom stereocenters. The molecule has 0 radical (unpaired) electrons. The fraction of sp³-hybridized carbons (Fsp3) is 0.455. The second kappa shape index (κ2) is 4.96. The maximum absolute atomic E-state index is 12.9. The first-order valence-electron chi connectivity index (χ1n) is 4.93. The Morgan fingerprint density at radius 3 is 2.50 bits per heavy atom. The molecule has 0 saturated carbocycles. The number of hydrogen-bond acceptors (Lipinski definition) is 2. The quantitative estimate of drug-likeness (QED) is 0.748. The molecule has 0 spiro atoms. The van der Waals surface area contributed by atoms with Gasteiger partial charge in [-0.3, -0.25) is 4.90 Å². The van der Waals surface area contributed by atoms with E-state index in [1.807, 2.05) is 0 Å². The van der Waals surface area contributed by atoms with Gasteiger partial charge in [-0.2, -0.15) is 0 Å². The van der Waals surface area contributed by atoms with E-state index in [-0.39, 0.29) is 5.82 Å². The van der Waals surface area contributed by atoms with E-state index in [0.717, 1.165) is 25.2 Å². The number of benzene rings is 1. The first-order valence-corrected chi connectivity index (χ1v) is 4.93. The van der Waals surface area contributed by atoms with Gasteiger partial charge < -0.3 is 5.73 Å². The zero-order valence-electron chi connectivity index (χ0n) is 8.76. The van der Waals surface area contributed by atoms with Crippen molar-refractivity contribution in [3.8, 4) is 0 Å². The number of rotatable bonds is 4. The average Bonchev–Trinajstić information content (AvgIpc) is 2.19. The maximum Gasteiger partial charge on any atom is 0.123 e. The van der Waals surface area contributed by atoms with E-state index in [1.54, 1.807) is 6.07 Å². The lowest BCUT2D eigenvalue weighted by atomic mass is 10.1. The summed E-state index contributed by atoms with van der Waals surface area (Å²) in [6.07, 6.45) is 0. The molecular formula is C11H17FN2. The number of nitrogens with two attached hydrogens (primary N) is 1. The van der Waals surface area contributed by atoms with Crippen LogP contribution in [0.25, 0.3) is 0 Å². The Balaban J connectivity index is 2.79. The van der Waals surface area contributed by atoms with Gasteiger partial charge >= 0.3 is 0 Å². The molecule has 0 amide bonds. The number of anilines is 1. The maximum atomic E-state index is 12.9. The van der Waals surface area contributed by atoms with Gasteiger partial charge in [0.25, 0.3) is 0 Å². The van der Waals surface area contributed by atoms with Crippen molar-refractivity contribution in [3.05, 3.63) is 29.6 Å². The highest BCUT2D eigenvalue weighted by Gasteiger charge is 2.05. The minimum absolute atomic E-state index is 0.221. The summed E-state index contributed by atoms with van der Waals surface area (Å²) in [4.78, 5) is 2.20. The van der Waals surface area contributed by atoms with Crippen molar-refractivity contribution < 1.29 is 4.39 Å². The Morgan fingerprint density at radius 1 is 1.29 bits per heavy atom. The van der Waals surface area contributed by atoms with Crippen molar-refractivity contribution in [3.63, 3.8) is 0 Å². The predicted molar refractivity (Wildman–Crippen MR) is 57.4 cm³/mol. The van der Waals surface area contributed by atoms with Crippen LogP contribution in [0.1, 0.15) is 19.4 Å². The fourth-order valence-corrected chi connectivity index (χ4v) is 1.40. The fourth-order valence-electron chi connectivity index (χ4n) is 1.40. The number of halogens is 1. The highest BCUT2D eigenvalue weighted by molar-refractivity contribution is 5.46. The molecule has 0 aliphatic rings. The van der Waals surface area contributed by atoms with Crippen LogP contribution in [0.2, 0.25) is 0 Å². The lowest BCUT2D eigenvalue weighted by Gasteiger charge is -2.18. The summed E-state index contributed by atoms with van der Waals surface area (Å²) in [5.74, 6) is -0.221. The van der Waals surface area contributed by atoms with Crippen LogP contribution in [-0.4, -0.2) is 18.0 Å². The highest BCUT2D eigenvalue weighted by atomic mass is 19.1. The van der Waals surface area contributed by atoms with Crippen LogP contribution in [-0.2, 0) is 6.54 Å². The SMILES string of the molecule is CCN(CC)Cc1cc(F)ccc1N. The van der Waals surface area contributed by atoms with Crippen LogP contribution in [0, 0.1) is 5.82 Å². The summed E-state index contributed by atoms with van der Waals surface area (Å²) in [6.45, 7) is 6.79. The summed E-state index contributed by atoms with van der Waals surface area (Å²) < 4.78 is 12.9. The molecule has 78 valence electrons. The van der Waals surface area contributed by atoms with Crippen LogP contribution < -0.4 is 5.73 Å². The second-order valence-corrected chi connectivity index (χ2v) is 3.30. The van der Waals surface area contributed by atoms with E-state index in [2.05, 4.69) is 18.7 Å². The smallest absolute Gasteiger partial charge is 0.123 e. The Labute approximate surface area is 84.5 Å². The third-order valence-electron chi connectivity index (χ3n) is 2.39. The Bertz CT molecular complexity index is 295. The van der Waals surface area contributed by atoms with E-state index in [4.69, 9.17) is 5.73 Å². The van der Waals surface area contributed by atoms with Crippen molar-refractivity contribution in [1.82, 2.24) is 4.90 Å². The second-order valence-electron chi connectivity index (χ2n) is 3.30. The molecule has 1 rings (SSSR count). The summed E-state index contributed by atoms with van der Waals surface area (Å²) >= 11 is 0. The Hall–Kier alpha value is -1.09. The summed E-state index contributed by atoms with van der Waals surface area (Å²) in [7, 11) is 0. The van der Waals surface area contributed by atoms with E-state index in [1.165, 1.54) is 12.1 Å². The van der Waals surface area contributed by atoms with Crippen LogP contribution >= 0.6 is 0 Å². The minimum Gasteiger partial charge on any atom is -0.398 e. The Morgan fingerprint density at radius 2 is 1.93 bits per heavy atom. The van der Waals surface area contributed by atoms with Gasteiger partial charge in [-0.15, -0.1) is 0 Å². The van der Waals surface area contributed by atoms with Gasteiger partial charge in [0.15, 0.2) is 0 Å². The van der Waals surface area contributed by atoms with E-state index < -0.39 is 0 Å². The van der Waals surface area contributed by atoms with E-state index in [0.29, 0.717) is 5.69 Å². The first kappa shape index (κ1) is 11.0. The lowest BCUT2D eigenvalue weighted by molar-refractivity contribution is 0.296. The van der Waals surface area contributed by atoms with Crippen molar-refractivity contribution >= 4 is 5.69 Å². The van der Waals surface area contributed by atoms with Crippen LogP contribution in [0.5, 0.6) is 0 Å². The molecule has 2 nitrogen and oxygen atoms in total. The zero-order valence-corrected chi connectivity index (χ0v) is 8.76. The van der Waals surface area contributed by atoms with Crippen molar-refractivity contribution in [2.45, 2.75) is 20.4 Å². The van der Waals surface area contributed by atoms with Crippen LogP contribution in [0.4, 0.5) is 10.1 Å². The van der Waals surface area contributed by atoms with Crippen molar-refractivity contribution in [2.24, 2.45) is 0 Å². The molecule has 0 aliphatic carbocycles. The normalized spacial score (nSPS) is 10.9. The van der Waals surface area contributed by atoms with Crippen LogP contribution in [0.15, 0.2) is 18.2 Å². The minimum atomic E-state index is -0.221. The first-order chi connectivity index (χ1) is 6.67. The lowest BCUT2D eigenvalue weighted by Crippen LogP contribution is -2.22. The third-order valence-corrected chi connectivity index (χ3v) is 2.39. The standard InChI is InChI=1S/C11H17FN2/c1-3-14(4-2)8-9-7-10(12)5-6-11(9)13/h5-7H,3-4,8,13H2,1-2H3. The molecule has 0 atom stereocenters. The van der Waals surface area contributed by atoms with Gasteiger partial charge in [-0.05, 0) is 36.9 Å². The molecule has 1 aromatic rings. The molecule has 14 heavy (non-hydrogen) atoms. The van der Waals surface area contributed by atoms with Gasteiger partial charge in [0.05, 0.1) is 0 Å². The van der Waals surface area contributed by atoms with Gasteiger partial charge in [0.1, 0.15) is 5.82 Å². The van der Waals surface area contributed by atoms with Gasteiger partial charge in [0, 0.05) is 12.2 Å². The monoisotopic (exact) mass is 196 g/mol. The molecule has 1 aromatic carbocycles. The van der Waals surface area contributed by atoms with Crippen molar-refractivity contribution in [2.75, 3.05) is 18.8 Å². The van der Waals surface area contributed by atoms with Crippen molar-refractivity contribution in [1.29, 1.82) is 0 Å². The molecule has 0 aromatic heterocycles. The highest BCUT2D eigenvalue weighted by Crippen LogP contribution is 2.15. The molecule has 2 N–H and O–H groups in total. The molecule has 0 heterocycles. The number of nitrogen functional groups attached to an aromatic ring is 1. The summed E-state index contributed by atoms with van der Waals surface area (Å²) in [5, 5.41) is 0. The molecule has 0 bridgehead atoms. The molecule has 0 aliphatic heterocycles. The van der Waals surface area contributed by atoms with Crippen LogP contribution in [0.3, 0.4) is 0 Å². The summed E-state index contributed by atoms with van der Waals surface area (Å²) in [6, 6.07) is 4.52. The molecule has 0 saturated heterocycles. The van der Waals surface area contributed by atoms with Gasteiger partial charge in [0.2, 0.25) is 0 Å². The van der Waals surface area contributed by atoms with Gasteiger partial charge in [-0.1, -0.05) is 13.8 Å². The third kappa shape index (κ3) is 2.70. The topological polar surface area (TPSA) is 29.3 Å². The Kier molecular flexibility index (Phi) is 3.89.